The number of carbonyl (C=O) groups excluding carboxylic acids is 1. The van der Waals surface area contributed by atoms with Gasteiger partial charge in [0.15, 0.2) is 0 Å². The van der Waals surface area contributed by atoms with Crippen LogP contribution in [-0.2, 0) is 10.2 Å². The van der Waals surface area contributed by atoms with E-state index in [-0.39, 0.29) is 29.9 Å². The van der Waals surface area contributed by atoms with Crippen LogP contribution in [0.3, 0.4) is 0 Å². The zero-order valence-corrected chi connectivity index (χ0v) is 17.1. The predicted octanol–water partition coefficient (Wildman–Crippen LogP) is 4.24. The van der Waals surface area contributed by atoms with E-state index in [1.165, 1.54) is 5.56 Å². The lowest BCUT2D eigenvalue weighted by Gasteiger charge is -2.53. The summed E-state index contributed by atoms with van der Waals surface area (Å²) in [5, 5.41) is 3.17. The molecule has 5 heteroatoms. The molecule has 3 fully saturated rings. The van der Waals surface area contributed by atoms with Crippen LogP contribution < -0.4 is 15.8 Å². The van der Waals surface area contributed by atoms with Gasteiger partial charge in [-0.1, -0.05) is 26.0 Å². The Hall–Kier alpha value is -1.88. The number of amides is 1. The highest BCUT2D eigenvalue weighted by atomic mass is 19.1. The molecule has 28 heavy (non-hydrogen) atoms. The summed E-state index contributed by atoms with van der Waals surface area (Å²) in [6.45, 7) is 5.35. The fourth-order valence-corrected chi connectivity index (χ4v) is 4.66. The predicted molar refractivity (Wildman–Crippen MR) is 110 cm³/mol. The summed E-state index contributed by atoms with van der Waals surface area (Å²) in [5.74, 6) is 1.46. The summed E-state index contributed by atoms with van der Waals surface area (Å²) < 4.78 is 18.2. The first kappa shape index (κ1) is 20.8. The van der Waals surface area contributed by atoms with Gasteiger partial charge < -0.3 is 15.8 Å². The molecule has 3 N–H and O–H groups in total. The maximum Gasteiger partial charge on any atom is 0.226 e. The van der Waals surface area contributed by atoms with Crippen molar-refractivity contribution in [1.29, 1.82) is 0 Å². The fraction of sp³-hybridized carbons (Fsp3) is 0.609. The van der Waals surface area contributed by atoms with Crippen molar-refractivity contribution in [1.82, 2.24) is 5.32 Å². The Labute approximate surface area is 167 Å². The third-order valence-corrected chi connectivity index (χ3v) is 6.71. The van der Waals surface area contributed by atoms with Gasteiger partial charge in [0.25, 0.3) is 0 Å². The third-order valence-electron chi connectivity index (χ3n) is 6.71. The normalized spacial score (nSPS) is 27.1. The van der Waals surface area contributed by atoms with Crippen molar-refractivity contribution in [2.45, 2.75) is 57.8 Å². The number of fused-ring (bicyclic) bond motifs is 3. The van der Waals surface area contributed by atoms with Gasteiger partial charge in [-0.15, -0.1) is 0 Å². The second-order valence-corrected chi connectivity index (χ2v) is 8.95. The van der Waals surface area contributed by atoms with Crippen LogP contribution in [0.25, 0.3) is 0 Å². The molecule has 1 amide bonds. The monoisotopic (exact) mass is 388 g/mol. The van der Waals surface area contributed by atoms with Gasteiger partial charge in [-0.05, 0) is 67.6 Å². The molecule has 0 atom stereocenters. The average molecular weight is 389 g/mol. The minimum atomic E-state index is -0.156. The van der Waals surface area contributed by atoms with E-state index in [0.717, 1.165) is 50.8 Å². The van der Waals surface area contributed by atoms with Gasteiger partial charge in [0.2, 0.25) is 5.91 Å². The number of nitrogens with one attached hydrogen (secondary N) is 1. The molecule has 0 radical (unpaired) electrons. The van der Waals surface area contributed by atoms with Gasteiger partial charge in [-0.3, -0.25) is 4.79 Å². The number of benzene rings is 1. The smallest absolute Gasteiger partial charge is 0.226 e. The molecule has 0 heterocycles. The number of halogens is 1. The van der Waals surface area contributed by atoms with Crippen LogP contribution in [0.2, 0.25) is 0 Å². The van der Waals surface area contributed by atoms with E-state index in [0.29, 0.717) is 17.8 Å². The van der Waals surface area contributed by atoms with Crippen molar-refractivity contribution >= 4 is 5.91 Å². The number of ether oxygens (including phenoxy) is 1. The Morgan fingerprint density at radius 1 is 1.18 bits per heavy atom. The van der Waals surface area contributed by atoms with E-state index >= 15 is 0 Å². The van der Waals surface area contributed by atoms with E-state index in [9.17, 15) is 9.18 Å². The fourth-order valence-electron chi connectivity index (χ4n) is 4.66. The minimum Gasteiger partial charge on any atom is -0.489 e. The Kier molecular flexibility index (Phi) is 6.43. The van der Waals surface area contributed by atoms with Crippen LogP contribution in [-0.4, -0.2) is 25.6 Å². The second kappa shape index (κ2) is 8.64. The number of carbonyl (C=O) groups is 1. The highest BCUT2D eigenvalue weighted by Gasteiger charge is 2.52. The molecule has 3 saturated carbocycles. The molecule has 154 valence electrons. The Morgan fingerprint density at radius 2 is 1.79 bits per heavy atom. The van der Waals surface area contributed by atoms with Crippen molar-refractivity contribution in [3.05, 3.63) is 41.7 Å². The Bertz CT molecular complexity index is 687. The van der Waals surface area contributed by atoms with Gasteiger partial charge in [0.05, 0.1) is 6.33 Å². The van der Waals surface area contributed by atoms with E-state index < -0.39 is 0 Å². The van der Waals surface area contributed by atoms with Crippen LogP contribution in [0.15, 0.2) is 36.2 Å². The Morgan fingerprint density at radius 3 is 2.29 bits per heavy atom. The van der Waals surface area contributed by atoms with E-state index in [1.54, 1.807) is 0 Å². The maximum absolute atomic E-state index is 12.8. The molecule has 0 unspecified atom stereocenters. The number of nitrogens with two attached hydrogens (primary N) is 1. The molecule has 2 bridgehead atoms. The molecule has 0 saturated heterocycles. The van der Waals surface area contributed by atoms with Crippen LogP contribution in [0.5, 0.6) is 5.75 Å². The first-order valence-electron chi connectivity index (χ1n) is 10.4. The lowest BCUT2D eigenvalue weighted by atomic mass is 9.51. The topological polar surface area (TPSA) is 64.3 Å². The standard InChI is InChI=1S/C23H33FN2O2/c1-17(2)15-26-21(27)23-10-7-22(8-11-23,9-12-23)19-3-5-20(6-4-19)28-16-18(13-24)14-25/h3-6,13,17H,7-12,14-16,25H2,1-2H3,(H,26,27)/b18-13+. The first-order chi connectivity index (χ1) is 13.4. The highest BCUT2D eigenvalue weighted by Crippen LogP contribution is 2.57. The maximum atomic E-state index is 12.8. The second-order valence-electron chi connectivity index (χ2n) is 8.95. The molecule has 3 aliphatic carbocycles. The summed E-state index contributed by atoms with van der Waals surface area (Å²) in [7, 11) is 0. The van der Waals surface area contributed by atoms with Gasteiger partial charge in [-0.25, -0.2) is 4.39 Å². The lowest BCUT2D eigenvalue weighted by Crippen LogP contribution is -2.52. The summed E-state index contributed by atoms with van der Waals surface area (Å²) in [5.41, 5.74) is 7.25. The molecular formula is C23H33FN2O2. The summed E-state index contributed by atoms with van der Waals surface area (Å²) in [6.07, 6.45) is 6.60. The minimum absolute atomic E-state index is 0.156. The van der Waals surface area contributed by atoms with Crippen molar-refractivity contribution in [2.24, 2.45) is 17.1 Å². The summed E-state index contributed by atoms with van der Waals surface area (Å²) >= 11 is 0. The van der Waals surface area contributed by atoms with Crippen LogP contribution in [0.1, 0.15) is 57.9 Å². The molecule has 1 aromatic rings. The van der Waals surface area contributed by atoms with E-state index in [4.69, 9.17) is 10.5 Å². The molecule has 4 rings (SSSR count). The SMILES string of the molecule is CC(C)CNC(=O)C12CCC(c3ccc(OC/C(=C/F)CN)cc3)(CC1)CC2. The number of hydrogen-bond donors (Lipinski definition) is 2. The molecule has 1 aromatic carbocycles. The van der Waals surface area contributed by atoms with Crippen LogP contribution in [0.4, 0.5) is 4.39 Å². The van der Waals surface area contributed by atoms with Gasteiger partial charge in [-0.2, -0.15) is 0 Å². The zero-order valence-electron chi connectivity index (χ0n) is 17.1. The highest BCUT2D eigenvalue weighted by molar-refractivity contribution is 5.83. The van der Waals surface area contributed by atoms with E-state index in [2.05, 4.69) is 31.3 Å². The molecule has 0 aromatic heterocycles. The van der Waals surface area contributed by atoms with Crippen molar-refractivity contribution in [2.75, 3.05) is 19.7 Å². The first-order valence-corrected chi connectivity index (χ1v) is 10.4. The molecule has 0 aliphatic heterocycles. The van der Waals surface area contributed by atoms with Crippen molar-refractivity contribution in [3.8, 4) is 5.75 Å². The van der Waals surface area contributed by atoms with Gasteiger partial charge >= 0.3 is 0 Å². The molecule has 0 spiro atoms. The largest absolute Gasteiger partial charge is 0.489 e. The van der Waals surface area contributed by atoms with E-state index in [1.807, 2.05) is 12.1 Å². The summed E-state index contributed by atoms with van der Waals surface area (Å²) in [6, 6.07) is 8.19. The third kappa shape index (κ3) is 4.24. The molecular weight excluding hydrogens is 355 g/mol. The van der Waals surface area contributed by atoms with Gasteiger partial charge in [0.1, 0.15) is 12.4 Å². The van der Waals surface area contributed by atoms with Crippen LogP contribution in [0, 0.1) is 11.3 Å². The number of rotatable bonds is 8. The average Bonchev–Trinajstić information content (AvgIpc) is 2.74. The zero-order chi connectivity index (χ0) is 20.2. The molecule has 3 aliphatic rings. The van der Waals surface area contributed by atoms with Crippen molar-refractivity contribution in [3.63, 3.8) is 0 Å². The van der Waals surface area contributed by atoms with Crippen LogP contribution >= 0.6 is 0 Å². The number of hydrogen-bond acceptors (Lipinski definition) is 3. The lowest BCUT2D eigenvalue weighted by molar-refractivity contribution is -0.138. The Balaban J connectivity index is 1.61. The quantitative estimate of drug-likeness (QED) is 0.700. The van der Waals surface area contributed by atoms with Gasteiger partial charge in [0, 0.05) is 24.1 Å². The molecule has 4 nitrogen and oxygen atoms in total. The summed E-state index contributed by atoms with van der Waals surface area (Å²) in [4.78, 5) is 12.8. The van der Waals surface area contributed by atoms with Crippen molar-refractivity contribution < 1.29 is 13.9 Å².